The lowest BCUT2D eigenvalue weighted by atomic mass is 10.2. The third kappa shape index (κ3) is 6.21. The monoisotopic (exact) mass is 329 g/mol. The van der Waals surface area contributed by atoms with Crippen molar-refractivity contribution in [3.05, 3.63) is 29.8 Å². The van der Waals surface area contributed by atoms with Crippen LogP contribution >= 0.6 is 0 Å². The molecule has 1 N–H and O–H groups in total. The van der Waals surface area contributed by atoms with Crippen LogP contribution in [0.3, 0.4) is 0 Å². The van der Waals surface area contributed by atoms with Crippen molar-refractivity contribution in [2.24, 2.45) is 0 Å². The van der Waals surface area contributed by atoms with E-state index in [0.717, 1.165) is 13.0 Å². The maximum absolute atomic E-state index is 12.1. The number of amides is 1. The summed E-state index contributed by atoms with van der Waals surface area (Å²) in [6.07, 6.45) is 5.70. The molecule has 1 aromatic rings. The number of hydrogen-bond donors (Lipinski definition) is 1. The number of nitriles is 1. The van der Waals surface area contributed by atoms with E-state index in [2.05, 4.69) is 16.3 Å². The SMILES string of the molecule is CC(Oc1ccc(C#N)cc1)C(=O)NCCCN1CCCCCC1. The molecule has 130 valence electrons. The molecule has 0 saturated carbocycles. The lowest BCUT2D eigenvalue weighted by Gasteiger charge is -2.20. The van der Waals surface area contributed by atoms with Gasteiger partial charge in [0.2, 0.25) is 0 Å². The molecule has 1 unspecified atom stereocenters. The van der Waals surface area contributed by atoms with Crippen LogP contribution in [0.4, 0.5) is 0 Å². The van der Waals surface area contributed by atoms with Gasteiger partial charge in [0.15, 0.2) is 6.10 Å². The zero-order valence-corrected chi connectivity index (χ0v) is 14.5. The van der Waals surface area contributed by atoms with Crippen LogP contribution in [0.2, 0.25) is 0 Å². The van der Waals surface area contributed by atoms with E-state index in [-0.39, 0.29) is 5.91 Å². The Labute approximate surface area is 144 Å². The fourth-order valence-electron chi connectivity index (χ4n) is 2.88. The minimum Gasteiger partial charge on any atom is -0.481 e. The molecule has 1 aromatic carbocycles. The maximum Gasteiger partial charge on any atom is 0.260 e. The van der Waals surface area contributed by atoms with E-state index in [1.54, 1.807) is 31.2 Å². The van der Waals surface area contributed by atoms with Crippen molar-refractivity contribution in [1.82, 2.24) is 10.2 Å². The summed E-state index contributed by atoms with van der Waals surface area (Å²) in [5.74, 6) is 0.497. The predicted octanol–water partition coefficient (Wildman–Crippen LogP) is 2.71. The Hall–Kier alpha value is -2.06. The molecule has 1 atom stereocenters. The van der Waals surface area contributed by atoms with Crippen LogP contribution in [0.1, 0.15) is 44.6 Å². The van der Waals surface area contributed by atoms with Gasteiger partial charge < -0.3 is 15.0 Å². The van der Waals surface area contributed by atoms with Gasteiger partial charge in [-0.3, -0.25) is 4.79 Å². The van der Waals surface area contributed by atoms with Crippen molar-refractivity contribution in [3.8, 4) is 11.8 Å². The van der Waals surface area contributed by atoms with Crippen molar-refractivity contribution in [1.29, 1.82) is 5.26 Å². The van der Waals surface area contributed by atoms with E-state index in [1.165, 1.54) is 38.8 Å². The quantitative estimate of drug-likeness (QED) is 0.781. The largest absolute Gasteiger partial charge is 0.481 e. The van der Waals surface area contributed by atoms with Crippen molar-refractivity contribution in [2.75, 3.05) is 26.2 Å². The predicted molar refractivity (Wildman–Crippen MR) is 93.8 cm³/mol. The molecule has 0 radical (unpaired) electrons. The second-order valence-corrected chi connectivity index (χ2v) is 6.30. The molecule has 0 bridgehead atoms. The van der Waals surface area contributed by atoms with Gasteiger partial charge in [0.1, 0.15) is 5.75 Å². The molecule has 0 aromatic heterocycles. The molecule has 0 aliphatic carbocycles. The molecule has 1 fully saturated rings. The van der Waals surface area contributed by atoms with Crippen molar-refractivity contribution in [3.63, 3.8) is 0 Å². The topological polar surface area (TPSA) is 65.4 Å². The zero-order chi connectivity index (χ0) is 17.2. The van der Waals surface area contributed by atoms with E-state index in [1.807, 2.05) is 0 Å². The highest BCUT2D eigenvalue weighted by Crippen LogP contribution is 2.13. The molecule has 1 amide bonds. The van der Waals surface area contributed by atoms with Crippen LogP contribution < -0.4 is 10.1 Å². The molecular weight excluding hydrogens is 302 g/mol. The van der Waals surface area contributed by atoms with Gasteiger partial charge in [0.25, 0.3) is 5.91 Å². The van der Waals surface area contributed by atoms with E-state index < -0.39 is 6.10 Å². The maximum atomic E-state index is 12.1. The van der Waals surface area contributed by atoms with Gasteiger partial charge in [0, 0.05) is 6.54 Å². The standard InChI is InChI=1S/C19H27N3O2/c1-16(24-18-9-7-17(15-20)8-10-18)19(23)21-11-6-14-22-12-4-2-3-5-13-22/h7-10,16H,2-6,11-14H2,1H3,(H,21,23). The number of likely N-dealkylation sites (tertiary alicyclic amines) is 1. The summed E-state index contributed by atoms with van der Waals surface area (Å²) >= 11 is 0. The van der Waals surface area contributed by atoms with Gasteiger partial charge in [-0.2, -0.15) is 5.26 Å². The minimum atomic E-state index is -0.545. The second-order valence-electron chi connectivity index (χ2n) is 6.30. The van der Waals surface area contributed by atoms with Gasteiger partial charge in [-0.15, -0.1) is 0 Å². The van der Waals surface area contributed by atoms with Crippen molar-refractivity contribution >= 4 is 5.91 Å². The summed E-state index contributed by atoms with van der Waals surface area (Å²) in [6.45, 7) is 5.84. The first-order chi connectivity index (χ1) is 11.7. The number of carbonyl (C=O) groups excluding carboxylic acids is 1. The van der Waals surface area contributed by atoms with Gasteiger partial charge >= 0.3 is 0 Å². The van der Waals surface area contributed by atoms with Gasteiger partial charge in [-0.1, -0.05) is 12.8 Å². The zero-order valence-electron chi connectivity index (χ0n) is 14.5. The Morgan fingerprint density at radius 2 is 1.92 bits per heavy atom. The third-order valence-electron chi connectivity index (χ3n) is 4.31. The minimum absolute atomic E-state index is 0.102. The summed E-state index contributed by atoms with van der Waals surface area (Å²) < 4.78 is 5.61. The van der Waals surface area contributed by atoms with Crippen LogP contribution in [-0.4, -0.2) is 43.1 Å². The average molecular weight is 329 g/mol. The summed E-state index contributed by atoms with van der Waals surface area (Å²) in [7, 11) is 0. The fraction of sp³-hybridized carbons (Fsp3) is 0.579. The molecule has 5 nitrogen and oxygen atoms in total. The van der Waals surface area contributed by atoms with E-state index in [0.29, 0.717) is 17.9 Å². The molecule has 1 aliphatic rings. The normalized spacial score (nSPS) is 16.7. The highest BCUT2D eigenvalue weighted by molar-refractivity contribution is 5.80. The molecule has 1 aliphatic heterocycles. The Kier molecular flexibility index (Phi) is 7.57. The lowest BCUT2D eigenvalue weighted by Crippen LogP contribution is -2.38. The van der Waals surface area contributed by atoms with Crippen LogP contribution in [-0.2, 0) is 4.79 Å². The fourth-order valence-corrected chi connectivity index (χ4v) is 2.88. The summed E-state index contributed by atoms with van der Waals surface area (Å²) in [5.41, 5.74) is 0.577. The first kappa shape index (κ1) is 18.3. The first-order valence-electron chi connectivity index (χ1n) is 8.86. The Morgan fingerprint density at radius 3 is 2.54 bits per heavy atom. The van der Waals surface area contributed by atoms with Crippen molar-refractivity contribution < 1.29 is 9.53 Å². The van der Waals surface area contributed by atoms with Crippen LogP contribution in [0.5, 0.6) is 5.75 Å². The molecular formula is C19H27N3O2. The summed E-state index contributed by atoms with van der Waals surface area (Å²) in [5, 5.41) is 11.7. The number of carbonyl (C=O) groups is 1. The van der Waals surface area contributed by atoms with E-state index >= 15 is 0 Å². The Bertz CT molecular complexity index is 543. The second kappa shape index (κ2) is 9.94. The number of ether oxygens (including phenoxy) is 1. The molecule has 24 heavy (non-hydrogen) atoms. The average Bonchev–Trinajstić information content (AvgIpc) is 2.88. The van der Waals surface area contributed by atoms with Gasteiger partial charge in [-0.05, 0) is 70.1 Å². The highest BCUT2D eigenvalue weighted by atomic mass is 16.5. The number of hydrogen-bond acceptors (Lipinski definition) is 4. The molecule has 2 rings (SSSR count). The van der Waals surface area contributed by atoms with Crippen LogP contribution in [0.25, 0.3) is 0 Å². The Morgan fingerprint density at radius 1 is 1.25 bits per heavy atom. The lowest BCUT2D eigenvalue weighted by molar-refractivity contribution is -0.127. The molecule has 1 saturated heterocycles. The number of nitrogens with one attached hydrogen (secondary N) is 1. The highest BCUT2D eigenvalue weighted by Gasteiger charge is 2.14. The Balaban J connectivity index is 1.64. The summed E-state index contributed by atoms with van der Waals surface area (Å²) in [4.78, 5) is 14.6. The molecule has 5 heteroatoms. The third-order valence-corrected chi connectivity index (χ3v) is 4.31. The van der Waals surface area contributed by atoms with Crippen LogP contribution in [0.15, 0.2) is 24.3 Å². The smallest absolute Gasteiger partial charge is 0.260 e. The summed E-state index contributed by atoms with van der Waals surface area (Å²) in [6, 6.07) is 8.84. The number of benzene rings is 1. The van der Waals surface area contributed by atoms with Gasteiger partial charge in [0.05, 0.1) is 11.6 Å². The molecule has 0 spiro atoms. The van der Waals surface area contributed by atoms with E-state index in [4.69, 9.17) is 10.00 Å². The van der Waals surface area contributed by atoms with E-state index in [9.17, 15) is 4.79 Å². The van der Waals surface area contributed by atoms with Gasteiger partial charge in [-0.25, -0.2) is 0 Å². The molecule has 1 heterocycles. The van der Waals surface area contributed by atoms with Crippen molar-refractivity contribution in [2.45, 2.75) is 45.1 Å². The number of rotatable bonds is 7. The first-order valence-corrected chi connectivity index (χ1v) is 8.86. The number of nitrogens with zero attached hydrogens (tertiary/aromatic N) is 2. The van der Waals surface area contributed by atoms with Crippen LogP contribution in [0, 0.1) is 11.3 Å².